The van der Waals surface area contributed by atoms with Crippen molar-refractivity contribution < 1.29 is 14.3 Å². The molecule has 0 heterocycles. The highest BCUT2D eigenvalue weighted by molar-refractivity contribution is 5.81. The van der Waals surface area contributed by atoms with E-state index in [4.69, 9.17) is 15.3 Å². The fourth-order valence-electron chi connectivity index (χ4n) is 1.56. The van der Waals surface area contributed by atoms with Crippen LogP contribution in [0.4, 0.5) is 0 Å². The van der Waals surface area contributed by atoms with E-state index in [-0.39, 0.29) is 11.9 Å². The maximum Gasteiger partial charge on any atom is 0.253 e. The van der Waals surface area contributed by atoms with Gasteiger partial charge in [0.1, 0.15) is 6.04 Å². The number of hydrogen-bond donors (Lipinski definition) is 2. The van der Waals surface area contributed by atoms with Gasteiger partial charge in [-0.3, -0.25) is 15.1 Å². The van der Waals surface area contributed by atoms with Crippen LogP contribution in [0.5, 0.6) is 0 Å². The van der Waals surface area contributed by atoms with Crippen LogP contribution in [0.1, 0.15) is 12.8 Å². The molecule has 1 atom stereocenters. The topological polar surface area (TPSA) is 76.8 Å². The average Bonchev–Trinajstić information content (AvgIpc) is 3.14. The summed E-state index contributed by atoms with van der Waals surface area (Å²) >= 11 is 0. The molecule has 1 aliphatic rings. The van der Waals surface area contributed by atoms with E-state index in [0.717, 1.165) is 12.5 Å². The molecule has 3 N–H and O–H groups in total. The van der Waals surface area contributed by atoms with E-state index in [9.17, 15) is 4.79 Å². The monoisotopic (exact) mass is 245 g/mol. The molecule has 100 valence electrons. The summed E-state index contributed by atoms with van der Waals surface area (Å²) in [6, 6.07) is -0.366. The van der Waals surface area contributed by atoms with E-state index in [2.05, 4.69) is 5.43 Å². The summed E-state index contributed by atoms with van der Waals surface area (Å²) in [7, 11) is 3.42. The van der Waals surface area contributed by atoms with Gasteiger partial charge in [-0.1, -0.05) is 0 Å². The molecule has 1 unspecified atom stereocenters. The van der Waals surface area contributed by atoms with Crippen LogP contribution in [0.25, 0.3) is 0 Å². The molecule has 0 aliphatic heterocycles. The average molecular weight is 245 g/mol. The molecule has 0 saturated heterocycles. The number of rotatable bonds is 9. The van der Waals surface area contributed by atoms with Gasteiger partial charge >= 0.3 is 0 Å². The molecule has 0 radical (unpaired) electrons. The van der Waals surface area contributed by atoms with E-state index >= 15 is 0 Å². The number of nitrogens with two attached hydrogens (primary N) is 1. The van der Waals surface area contributed by atoms with Crippen molar-refractivity contribution in [3.63, 3.8) is 0 Å². The molecule has 1 amide bonds. The molecule has 0 aromatic carbocycles. The lowest BCUT2D eigenvalue weighted by molar-refractivity contribution is -0.128. The molecule has 0 aromatic heterocycles. The fraction of sp³-hybridized carbons (Fsp3) is 0.909. The number of hydrazine groups is 1. The summed E-state index contributed by atoms with van der Waals surface area (Å²) in [6.45, 7) is 2.48. The van der Waals surface area contributed by atoms with Gasteiger partial charge in [-0.25, -0.2) is 5.84 Å². The molecule has 1 aliphatic carbocycles. The lowest BCUT2D eigenvalue weighted by atomic mass is 10.2. The number of carbonyl (C=O) groups is 1. The molecule has 6 nitrogen and oxygen atoms in total. The van der Waals surface area contributed by atoms with Crippen molar-refractivity contribution in [2.24, 2.45) is 11.8 Å². The van der Waals surface area contributed by atoms with Crippen LogP contribution in [-0.2, 0) is 14.3 Å². The predicted octanol–water partition coefficient (Wildman–Crippen LogP) is -0.650. The van der Waals surface area contributed by atoms with Gasteiger partial charge in [0, 0.05) is 20.3 Å². The van der Waals surface area contributed by atoms with Gasteiger partial charge in [0.15, 0.2) is 0 Å². The van der Waals surface area contributed by atoms with Crippen molar-refractivity contribution in [2.45, 2.75) is 18.9 Å². The van der Waals surface area contributed by atoms with Crippen molar-refractivity contribution in [1.82, 2.24) is 10.3 Å². The Labute approximate surface area is 102 Å². The van der Waals surface area contributed by atoms with Crippen LogP contribution >= 0.6 is 0 Å². The molecule has 0 spiro atoms. The number of likely N-dealkylation sites (N-methyl/N-ethyl adjacent to an activating group) is 1. The minimum atomic E-state index is -0.366. The third kappa shape index (κ3) is 5.45. The van der Waals surface area contributed by atoms with E-state index in [1.54, 1.807) is 7.11 Å². The largest absolute Gasteiger partial charge is 0.383 e. The summed E-state index contributed by atoms with van der Waals surface area (Å²) in [6.07, 6.45) is 2.58. The number of methoxy groups -OCH3 is 1. The van der Waals surface area contributed by atoms with E-state index in [1.807, 2.05) is 11.9 Å². The number of amides is 1. The first-order valence-electron chi connectivity index (χ1n) is 5.96. The second-order valence-corrected chi connectivity index (χ2v) is 4.48. The zero-order valence-corrected chi connectivity index (χ0v) is 10.6. The van der Waals surface area contributed by atoms with Crippen LogP contribution < -0.4 is 11.3 Å². The maximum absolute atomic E-state index is 11.5. The van der Waals surface area contributed by atoms with Crippen LogP contribution in [-0.4, -0.2) is 57.4 Å². The quantitative estimate of drug-likeness (QED) is 0.244. The molecule has 0 bridgehead atoms. The Morgan fingerprint density at radius 2 is 2.29 bits per heavy atom. The second-order valence-electron chi connectivity index (χ2n) is 4.48. The smallest absolute Gasteiger partial charge is 0.253 e. The van der Waals surface area contributed by atoms with Crippen LogP contribution in [0.2, 0.25) is 0 Å². The Kier molecular flexibility index (Phi) is 6.43. The number of nitrogens with zero attached hydrogens (tertiary/aromatic N) is 1. The fourth-order valence-corrected chi connectivity index (χ4v) is 1.56. The van der Waals surface area contributed by atoms with Gasteiger partial charge < -0.3 is 9.47 Å². The molecule has 1 fully saturated rings. The van der Waals surface area contributed by atoms with Crippen molar-refractivity contribution in [3.8, 4) is 0 Å². The molecule has 17 heavy (non-hydrogen) atoms. The highest BCUT2D eigenvalue weighted by Gasteiger charge is 2.23. The number of nitrogens with one attached hydrogen (secondary N) is 1. The van der Waals surface area contributed by atoms with Gasteiger partial charge in [0.25, 0.3) is 5.91 Å². The van der Waals surface area contributed by atoms with E-state index in [1.165, 1.54) is 12.8 Å². The van der Waals surface area contributed by atoms with Crippen molar-refractivity contribution in [2.75, 3.05) is 40.5 Å². The van der Waals surface area contributed by atoms with Gasteiger partial charge in [0.05, 0.1) is 13.2 Å². The van der Waals surface area contributed by atoms with Crippen LogP contribution in [0.3, 0.4) is 0 Å². The predicted molar refractivity (Wildman–Crippen MR) is 64.2 cm³/mol. The Bertz CT molecular complexity index is 234. The molecule has 0 aromatic rings. The summed E-state index contributed by atoms with van der Waals surface area (Å²) in [4.78, 5) is 13.4. The molecule has 1 rings (SSSR count). The first kappa shape index (κ1) is 14.4. The molecular formula is C11H23N3O3. The van der Waals surface area contributed by atoms with Crippen molar-refractivity contribution >= 4 is 5.91 Å². The summed E-state index contributed by atoms with van der Waals surface area (Å²) in [5, 5.41) is 0. The Balaban J connectivity index is 2.19. The van der Waals surface area contributed by atoms with Gasteiger partial charge in [-0.15, -0.1) is 0 Å². The summed E-state index contributed by atoms with van der Waals surface area (Å²) < 4.78 is 10.5. The standard InChI is InChI=1S/C11H23N3O3/c1-14(5-6-17-7-9-3-4-9)10(8-16-2)11(15)13-12/h9-10H,3-8,12H2,1-2H3,(H,13,15). The minimum absolute atomic E-state index is 0.239. The van der Waals surface area contributed by atoms with E-state index in [0.29, 0.717) is 19.8 Å². The first-order valence-corrected chi connectivity index (χ1v) is 5.96. The lowest BCUT2D eigenvalue weighted by Gasteiger charge is -2.25. The normalized spacial score (nSPS) is 17.2. The first-order chi connectivity index (χ1) is 8.19. The lowest BCUT2D eigenvalue weighted by Crippen LogP contribution is -2.50. The van der Waals surface area contributed by atoms with Gasteiger partial charge in [0.2, 0.25) is 0 Å². The number of hydrogen-bond acceptors (Lipinski definition) is 5. The maximum atomic E-state index is 11.5. The van der Waals surface area contributed by atoms with Crippen molar-refractivity contribution in [1.29, 1.82) is 0 Å². The summed E-state index contributed by atoms with van der Waals surface area (Å²) in [5.41, 5.74) is 2.15. The number of ether oxygens (including phenoxy) is 2. The summed E-state index contributed by atoms with van der Waals surface area (Å²) in [5.74, 6) is 5.66. The minimum Gasteiger partial charge on any atom is -0.383 e. The molecular weight excluding hydrogens is 222 g/mol. The SMILES string of the molecule is COCC(C(=O)NN)N(C)CCOCC1CC1. The second kappa shape index (κ2) is 7.60. The van der Waals surface area contributed by atoms with Crippen LogP contribution in [0.15, 0.2) is 0 Å². The van der Waals surface area contributed by atoms with E-state index < -0.39 is 0 Å². The molecule has 6 heteroatoms. The van der Waals surface area contributed by atoms with Crippen molar-refractivity contribution in [3.05, 3.63) is 0 Å². The zero-order chi connectivity index (χ0) is 12.7. The third-order valence-electron chi connectivity index (χ3n) is 2.94. The third-order valence-corrected chi connectivity index (χ3v) is 2.94. The van der Waals surface area contributed by atoms with Gasteiger partial charge in [-0.2, -0.15) is 0 Å². The van der Waals surface area contributed by atoms with Gasteiger partial charge in [-0.05, 0) is 25.8 Å². The Morgan fingerprint density at radius 3 is 2.82 bits per heavy atom. The highest BCUT2D eigenvalue weighted by Crippen LogP contribution is 2.28. The molecule has 1 saturated carbocycles. The Morgan fingerprint density at radius 1 is 1.59 bits per heavy atom. The Hall–Kier alpha value is -0.690. The highest BCUT2D eigenvalue weighted by atomic mass is 16.5. The zero-order valence-electron chi connectivity index (χ0n) is 10.6. The number of carbonyl (C=O) groups excluding carboxylic acids is 1. The van der Waals surface area contributed by atoms with Crippen LogP contribution in [0, 0.1) is 5.92 Å².